The number of carboxylic acids is 1. The number of nitrogens with one attached hydrogen (secondary N) is 1. The molecule has 0 fully saturated rings. The van der Waals surface area contributed by atoms with Gasteiger partial charge in [0.2, 0.25) is 11.8 Å². The standard InChI is InChI=1S/C8H15N3O4/c1-4(9)8(15)11-5(7(10)14)2-3-6(12)13/h4-5H,2-3,9H2,1H3,(H2,10,14)(H,11,15)(H,12,13)/t4-,5+/m1/s1/i/hD. The van der Waals surface area contributed by atoms with E-state index in [0.29, 0.717) is 0 Å². The number of carbonyl (C=O) groups excluding carboxylic acids is 2. The van der Waals surface area contributed by atoms with Crippen molar-refractivity contribution < 1.29 is 20.9 Å². The number of carboxylic acid groups (broad SMARTS) is 1. The summed E-state index contributed by atoms with van der Waals surface area (Å²) in [6.07, 6.45) is -0.336. The van der Waals surface area contributed by atoms with E-state index >= 15 is 0 Å². The molecule has 0 unspecified atom stereocenters. The monoisotopic (exact) mass is 218 g/mol. The van der Waals surface area contributed by atoms with Crippen molar-refractivity contribution >= 4 is 17.8 Å². The van der Waals surface area contributed by atoms with Gasteiger partial charge in [-0.05, 0) is 13.3 Å². The molecule has 0 saturated carbocycles. The minimum atomic E-state index is -1.08. The Kier molecular flexibility index (Phi) is 4.55. The SMILES string of the molecule is [2H]N[C@H](C)C(=O)N[C@@H](CCC(=O)O)C(N)=O. The Balaban J connectivity index is 4.28. The first kappa shape index (κ1) is 11.4. The van der Waals surface area contributed by atoms with Gasteiger partial charge in [0.25, 0.3) is 0 Å². The Morgan fingerprint density at radius 1 is 1.53 bits per heavy atom. The summed E-state index contributed by atoms with van der Waals surface area (Å²) in [4.78, 5) is 32.5. The van der Waals surface area contributed by atoms with Crippen molar-refractivity contribution in [2.24, 2.45) is 11.5 Å². The van der Waals surface area contributed by atoms with E-state index in [-0.39, 0.29) is 12.8 Å². The van der Waals surface area contributed by atoms with Gasteiger partial charge in [-0.15, -0.1) is 0 Å². The first-order valence-electron chi connectivity index (χ1n) is 4.87. The molecular weight excluding hydrogens is 202 g/mol. The second kappa shape index (κ2) is 5.97. The fraction of sp³-hybridized carbons (Fsp3) is 0.625. The van der Waals surface area contributed by atoms with E-state index in [1.54, 1.807) is 0 Å². The van der Waals surface area contributed by atoms with Crippen LogP contribution in [0.4, 0.5) is 0 Å². The zero-order chi connectivity index (χ0) is 12.7. The van der Waals surface area contributed by atoms with Crippen LogP contribution < -0.4 is 16.8 Å². The highest BCUT2D eigenvalue weighted by atomic mass is 16.4. The number of hydrogen-bond acceptors (Lipinski definition) is 4. The Labute approximate surface area is 88.3 Å². The number of amides is 2. The summed E-state index contributed by atoms with van der Waals surface area (Å²) < 4.78 is 6.74. The number of rotatable bonds is 7. The molecule has 2 atom stereocenters. The van der Waals surface area contributed by atoms with Crippen LogP contribution in [0.3, 0.4) is 0 Å². The molecule has 86 valence electrons. The molecule has 0 spiro atoms. The molecular formula is C8H15N3O4. The summed E-state index contributed by atoms with van der Waals surface area (Å²) >= 11 is 0. The van der Waals surface area contributed by atoms with Crippen molar-refractivity contribution in [2.75, 3.05) is 0 Å². The lowest BCUT2D eigenvalue weighted by Gasteiger charge is -2.15. The van der Waals surface area contributed by atoms with Crippen molar-refractivity contribution in [3.05, 3.63) is 0 Å². The Morgan fingerprint density at radius 3 is 2.53 bits per heavy atom. The van der Waals surface area contributed by atoms with E-state index in [4.69, 9.17) is 12.3 Å². The van der Waals surface area contributed by atoms with Gasteiger partial charge < -0.3 is 21.9 Å². The van der Waals surface area contributed by atoms with Crippen LogP contribution in [0.25, 0.3) is 0 Å². The smallest absolute Gasteiger partial charge is 0.303 e. The van der Waals surface area contributed by atoms with Crippen molar-refractivity contribution in [2.45, 2.75) is 31.8 Å². The minimum Gasteiger partial charge on any atom is -0.481 e. The lowest BCUT2D eigenvalue weighted by Crippen LogP contribution is -2.49. The van der Waals surface area contributed by atoms with Crippen LogP contribution in [0, 0.1) is 0 Å². The second-order valence-corrected chi connectivity index (χ2v) is 3.12. The van der Waals surface area contributed by atoms with Crippen LogP contribution in [-0.2, 0) is 14.4 Å². The maximum Gasteiger partial charge on any atom is 0.303 e. The van der Waals surface area contributed by atoms with Crippen LogP contribution >= 0.6 is 0 Å². The first-order chi connectivity index (χ1) is 7.38. The Morgan fingerprint density at radius 2 is 2.13 bits per heavy atom. The van der Waals surface area contributed by atoms with Gasteiger partial charge in [0.05, 0.1) is 6.04 Å². The largest absolute Gasteiger partial charge is 0.481 e. The molecule has 0 rings (SSSR count). The predicted octanol–water partition coefficient (Wildman–Crippen LogP) is -1.83. The quantitative estimate of drug-likeness (QED) is 0.398. The molecule has 0 aliphatic rings. The molecule has 0 aliphatic carbocycles. The number of primary amides is 1. The fourth-order valence-electron chi connectivity index (χ4n) is 0.850. The number of aliphatic carboxylic acids is 1. The van der Waals surface area contributed by atoms with Crippen molar-refractivity contribution in [3.8, 4) is 0 Å². The summed E-state index contributed by atoms with van der Waals surface area (Å²) in [7, 11) is 0. The highest BCUT2D eigenvalue weighted by Gasteiger charge is 2.20. The lowest BCUT2D eigenvalue weighted by molar-refractivity contribution is -0.137. The van der Waals surface area contributed by atoms with Gasteiger partial charge in [0.15, 0.2) is 0 Å². The molecule has 0 aromatic heterocycles. The van der Waals surface area contributed by atoms with Crippen LogP contribution in [0.15, 0.2) is 0 Å². The summed E-state index contributed by atoms with van der Waals surface area (Å²) in [5.74, 6) is -2.46. The van der Waals surface area contributed by atoms with E-state index in [9.17, 15) is 14.4 Å². The maximum absolute atomic E-state index is 11.3. The Hall–Kier alpha value is -1.63. The molecule has 0 aromatic carbocycles. The average molecular weight is 218 g/mol. The normalized spacial score (nSPS) is 14.9. The third-order valence-corrected chi connectivity index (χ3v) is 1.70. The zero-order valence-electron chi connectivity index (χ0n) is 9.32. The van der Waals surface area contributed by atoms with Gasteiger partial charge >= 0.3 is 5.97 Å². The number of carbonyl (C=O) groups is 3. The molecule has 6 N–H and O–H groups in total. The third kappa shape index (κ3) is 5.63. The summed E-state index contributed by atoms with van der Waals surface area (Å²) in [5, 5.41) is 10.7. The molecule has 15 heavy (non-hydrogen) atoms. The van der Waals surface area contributed by atoms with Crippen molar-refractivity contribution in [1.29, 1.82) is 0 Å². The van der Waals surface area contributed by atoms with E-state index in [1.165, 1.54) is 6.92 Å². The van der Waals surface area contributed by atoms with Gasteiger partial charge in [-0.3, -0.25) is 14.4 Å². The molecule has 7 heteroatoms. The molecule has 0 aromatic rings. The summed E-state index contributed by atoms with van der Waals surface area (Å²) in [5.41, 5.74) is 6.94. The molecule has 0 saturated heterocycles. The van der Waals surface area contributed by atoms with E-state index in [1.807, 2.05) is 5.73 Å². The lowest BCUT2D eigenvalue weighted by atomic mass is 10.1. The van der Waals surface area contributed by atoms with Crippen LogP contribution in [-0.4, -0.2) is 35.0 Å². The minimum absolute atomic E-state index is 0.0683. The second-order valence-electron chi connectivity index (χ2n) is 3.12. The molecule has 7 nitrogen and oxygen atoms in total. The van der Waals surface area contributed by atoms with Crippen LogP contribution in [0.2, 0.25) is 1.41 Å². The van der Waals surface area contributed by atoms with Gasteiger partial charge in [-0.25, -0.2) is 0 Å². The number of hydrogen-bond donors (Lipinski definition) is 4. The summed E-state index contributed by atoms with van der Waals surface area (Å²) in [6, 6.07) is -1.83. The van der Waals surface area contributed by atoms with Crippen LogP contribution in [0.1, 0.15) is 19.8 Å². The molecule has 0 bridgehead atoms. The van der Waals surface area contributed by atoms with Gasteiger partial charge in [-0.1, -0.05) is 0 Å². The van der Waals surface area contributed by atoms with Gasteiger partial charge in [0.1, 0.15) is 7.45 Å². The average Bonchev–Trinajstić information content (AvgIpc) is 2.21. The van der Waals surface area contributed by atoms with E-state index in [2.05, 4.69) is 5.32 Å². The highest BCUT2D eigenvalue weighted by molar-refractivity contribution is 5.88. The molecule has 0 radical (unpaired) electrons. The molecule has 0 aliphatic heterocycles. The number of nitrogens with two attached hydrogens (primary N) is 2. The van der Waals surface area contributed by atoms with E-state index < -0.39 is 29.9 Å². The van der Waals surface area contributed by atoms with Gasteiger partial charge in [0, 0.05) is 6.42 Å². The summed E-state index contributed by atoms with van der Waals surface area (Å²) in [6.45, 7) is 1.43. The Bertz CT molecular complexity index is 284. The third-order valence-electron chi connectivity index (χ3n) is 1.70. The molecule has 0 heterocycles. The first-order valence-corrected chi connectivity index (χ1v) is 4.37. The fourth-order valence-corrected chi connectivity index (χ4v) is 0.850. The topological polar surface area (TPSA) is 136 Å². The zero-order valence-corrected chi connectivity index (χ0v) is 8.32. The van der Waals surface area contributed by atoms with E-state index in [0.717, 1.165) is 0 Å². The highest BCUT2D eigenvalue weighted by Crippen LogP contribution is 1.97. The van der Waals surface area contributed by atoms with Crippen molar-refractivity contribution in [3.63, 3.8) is 0 Å². The maximum atomic E-state index is 11.3. The van der Waals surface area contributed by atoms with Crippen LogP contribution in [0.5, 0.6) is 0 Å². The predicted molar refractivity (Wildman–Crippen MR) is 51.6 cm³/mol. The van der Waals surface area contributed by atoms with Gasteiger partial charge in [-0.2, -0.15) is 0 Å². The van der Waals surface area contributed by atoms with Crippen molar-refractivity contribution in [1.82, 2.24) is 5.32 Å². The molecule has 2 amide bonds.